The molecule has 0 saturated carbocycles. The molecule has 8 nitrogen and oxygen atoms in total. The first-order valence-electron chi connectivity index (χ1n) is 11.4. The monoisotopic (exact) mass is 556 g/mol. The summed E-state index contributed by atoms with van der Waals surface area (Å²) in [6, 6.07) is 14.9. The molecule has 4 rings (SSSR count). The average Bonchev–Trinajstić information content (AvgIpc) is 3.49. The van der Waals surface area contributed by atoms with Crippen LogP contribution in [-0.4, -0.2) is 39.5 Å². The largest absolute Gasteiger partial charge is 0.486 e. The minimum absolute atomic E-state index is 0.0889. The van der Waals surface area contributed by atoms with E-state index in [4.69, 9.17) is 21.1 Å². The van der Waals surface area contributed by atoms with Gasteiger partial charge in [-0.15, -0.1) is 21.5 Å². The van der Waals surface area contributed by atoms with Crippen molar-refractivity contribution in [3.63, 3.8) is 0 Å². The molecule has 2 aromatic carbocycles. The third-order valence-electron chi connectivity index (χ3n) is 5.39. The lowest BCUT2D eigenvalue weighted by atomic mass is 10.0. The molecule has 0 bridgehead atoms. The Hall–Kier alpha value is -3.34. The second-order valence-corrected chi connectivity index (χ2v) is 10.2. The number of hydrogen-bond donors (Lipinski definition) is 1. The molecule has 0 unspecified atom stereocenters. The number of aryl methyl sites for hydroxylation is 1. The normalized spacial score (nSPS) is 10.8. The molecule has 192 valence electrons. The van der Waals surface area contributed by atoms with Crippen LogP contribution in [0.3, 0.4) is 0 Å². The second-order valence-electron chi connectivity index (χ2n) is 7.94. The Balaban J connectivity index is 1.42. The highest BCUT2D eigenvalue weighted by Crippen LogP contribution is 2.36. The number of carbonyl (C=O) groups is 2. The molecule has 0 aliphatic carbocycles. The predicted molar refractivity (Wildman–Crippen MR) is 147 cm³/mol. The summed E-state index contributed by atoms with van der Waals surface area (Å²) in [5.74, 6) is 0.715. The van der Waals surface area contributed by atoms with Gasteiger partial charge in [0.25, 0.3) is 0 Å². The SMILES string of the molecule is CCn1c(COc2cccc(C)c2)nnc1SCC(=O)Nc1scc(-c2ccc(Cl)cc2)c1C(=O)OC. The first kappa shape index (κ1) is 26.7. The number of methoxy groups -OCH3 is 1. The Morgan fingerprint density at radius 3 is 2.65 bits per heavy atom. The van der Waals surface area contributed by atoms with Crippen LogP contribution in [0.2, 0.25) is 5.02 Å². The van der Waals surface area contributed by atoms with Gasteiger partial charge in [0, 0.05) is 22.5 Å². The zero-order valence-electron chi connectivity index (χ0n) is 20.5. The molecule has 0 fully saturated rings. The molecular formula is C26H25ClN4O4S2. The summed E-state index contributed by atoms with van der Waals surface area (Å²) >= 11 is 8.52. The van der Waals surface area contributed by atoms with Crippen LogP contribution in [0.5, 0.6) is 5.75 Å². The van der Waals surface area contributed by atoms with Crippen molar-refractivity contribution in [1.29, 1.82) is 0 Å². The summed E-state index contributed by atoms with van der Waals surface area (Å²) in [5.41, 5.74) is 2.88. The first-order chi connectivity index (χ1) is 17.9. The lowest BCUT2D eigenvalue weighted by molar-refractivity contribution is -0.113. The highest BCUT2D eigenvalue weighted by molar-refractivity contribution is 7.99. The summed E-state index contributed by atoms with van der Waals surface area (Å²) in [6.07, 6.45) is 0. The van der Waals surface area contributed by atoms with E-state index in [-0.39, 0.29) is 18.3 Å². The molecule has 37 heavy (non-hydrogen) atoms. The van der Waals surface area contributed by atoms with Crippen molar-refractivity contribution >= 4 is 51.6 Å². The summed E-state index contributed by atoms with van der Waals surface area (Å²) in [4.78, 5) is 25.4. The van der Waals surface area contributed by atoms with Gasteiger partial charge in [-0.1, -0.05) is 47.6 Å². The van der Waals surface area contributed by atoms with Crippen LogP contribution in [0.25, 0.3) is 11.1 Å². The van der Waals surface area contributed by atoms with Gasteiger partial charge in [0.15, 0.2) is 11.0 Å². The predicted octanol–water partition coefficient (Wildman–Crippen LogP) is 6.08. The van der Waals surface area contributed by atoms with Gasteiger partial charge in [0.2, 0.25) is 5.91 Å². The maximum atomic E-state index is 12.8. The maximum absolute atomic E-state index is 12.8. The van der Waals surface area contributed by atoms with Crippen LogP contribution in [0.15, 0.2) is 59.1 Å². The van der Waals surface area contributed by atoms with Crippen LogP contribution >= 0.6 is 34.7 Å². The fourth-order valence-corrected chi connectivity index (χ4v) is 5.51. The fourth-order valence-electron chi connectivity index (χ4n) is 3.59. The van der Waals surface area contributed by atoms with Gasteiger partial charge in [-0.3, -0.25) is 4.79 Å². The van der Waals surface area contributed by atoms with E-state index in [1.165, 1.54) is 30.2 Å². The molecule has 0 aliphatic rings. The van der Waals surface area contributed by atoms with E-state index in [0.717, 1.165) is 16.9 Å². The second kappa shape index (κ2) is 12.3. The number of aromatic nitrogens is 3. The van der Waals surface area contributed by atoms with Gasteiger partial charge in [0.05, 0.1) is 12.9 Å². The van der Waals surface area contributed by atoms with Crippen LogP contribution in [0.4, 0.5) is 5.00 Å². The van der Waals surface area contributed by atoms with E-state index in [9.17, 15) is 9.59 Å². The molecule has 1 amide bonds. The average molecular weight is 557 g/mol. The molecule has 4 aromatic rings. The number of anilines is 1. The molecule has 0 saturated heterocycles. The lowest BCUT2D eigenvalue weighted by Crippen LogP contribution is -2.16. The van der Waals surface area contributed by atoms with Crippen molar-refractivity contribution in [1.82, 2.24) is 14.8 Å². The smallest absolute Gasteiger partial charge is 0.341 e. The number of amides is 1. The van der Waals surface area contributed by atoms with E-state index in [2.05, 4.69) is 15.5 Å². The summed E-state index contributed by atoms with van der Waals surface area (Å²) in [7, 11) is 1.31. The number of halogens is 1. The van der Waals surface area contributed by atoms with Crippen molar-refractivity contribution in [2.24, 2.45) is 0 Å². The third kappa shape index (κ3) is 6.51. The highest BCUT2D eigenvalue weighted by atomic mass is 35.5. The quantitative estimate of drug-likeness (QED) is 0.187. The van der Waals surface area contributed by atoms with Crippen molar-refractivity contribution in [3.05, 3.63) is 75.9 Å². The Kier molecular flexibility index (Phi) is 8.86. The van der Waals surface area contributed by atoms with Crippen molar-refractivity contribution < 1.29 is 19.1 Å². The molecule has 2 aromatic heterocycles. The molecular weight excluding hydrogens is 532 g/mol. The number of benzene rings is 2. The third-order valence-corrected chi connectivity index (χ3v) is 7.50. The van der Waals surface area contributed by atoms with Gasteiger partial charge in [0.1, 0.15) is 22.9 Å². The number of hydrogen-bond acceptors (Lipinski definition) is 8. The molecule has 0 atom stereocenters. The molecule has 1 N–H and O–H groups in total. The van der Waals surface area contributed by atoms with E-state index < -0.39 is 5.97 Å². The summed E-state index contributed by atoms with van der Waals surface area (Å²) in [6.45, 7) is 4.88. The minimum atomic E-state index is -0.530. The number of nitrogens with zero attached hydrogens (tertiary/aromatic N) is 3. The van der Waals surface area contributed by atoms with Crippen LogP contribution < -0.4 is 10.1 Å². The number of carbonyl (C=O) groups excluding carboxylic acids is 2. The summed E-state index contributed by atoms with van der Waals surface area (Å²) < 4.78 is 12.8. The van der Waals surface area contributed by atoms with Crippen LogP contribution in [0.1, 0.15) is 28.7 Å². The van der Waals surface area contributed by atoms with Gasteiger partial charge in [-0.25, -0.2) is 4.79 Å². The molecule has 11 heteroatoms. The van der Waals surface area contributed by atoms with Gasteiger partial charge < -0.3 is 19.4 Å². The standard InChI is InChI=1S/C26H25ClN4O4S2/c1-4-31-21(13-35-19-7-5-6-16(2)12-19)29-30-26(31)37-15-22(32)28-24-23(25(33)34-3)20(14-36-24)17-8-10-18(27)11-9-17/h5-12,14H,4,13,15H2,1-3H3,(H,28,32). The first-order valence-corrected chi connectivity index (χ1v) is 13.6. The molecule has 2 heterocycles. The van der Waals surface area contributed by atoms with Crippen molar-refractivity contribution in [2.45, 2.75) is 32.2 Å². The Morgan fingerprint density at radius 1 is 1.16 bits per heavy atom. The zero-order chi connectivity index (χ0) is 26.4. The number of nitrogens with one attached hydrogen (secondary N) is 1. The summed E-state index contributed by atoms with van der Waals surface area (Å²) in [5, 5.41) is 14.8. The Morgan fingerprint density at radius 2 is 1.95 bits per heavy atom. The zero-order valence-corrected chi connectivity index (χ0v) is 22.9. The lowest BCUT2D eigenvalue weighted by Gasteiger charge is -2.10. The number of rotatable bonds is 10. The molecule has 0 radical (unpaired) electrons. The van der Waals surface area contributed by atoms with Crippen molar-refractivity contribution in [2.75, 3.05) is 18.2 Å². The van der Waals surface area contributed by atoms with Gasteiger partial charge >= 0.3 is 5.97 Å². The van der Waals surface area contributed by atoms with E-state index in [1.807, 2.05) is 60.2 Å². The Bertz CT molecular complexity index is 1400. The van der Waals surface area contributed by atoms with E-state index in [1.54, 1.807) is 12.1 Å². The van der Waals surface area contributed by atoms with Crippen LogP contribution in [-0.2, 0) is 22.7 Å². The fraction of sp³-hybridized carbons (Fsp3) is 0.231. The van der Waals surface area contributed by atoms with E-state index >= 15 is 0 Å². The van der Waals surface area contributed by atoms with Crippen LogP contribution in [0, 0.1) is 6.92 Å². The number of thiophene rings is 1. The van der Waals surface area contributed by atoms with Gasteiger partial charge in [-0.05, 0) is 49.2 Å². The number of esters is 1. The minimum Gasteiger partial charge on any atom is -0.486 e. The molecule has 0 spiro atoms. The highest BCUT2D eigenvalue weighted by Gasteiger charge is 2.23. The Labute approximate surface area is 228 Å². The number of thioether (sulfide) groups is 1. The topological polar surface area (TPSA) is 95.3 Å². The van der Waals surface area contributed by atoms with E-state index in [0.29, 0.717) is 38.7 Å². The number of ether oxygens (including phenoxy) is 2. The maximum Gasteiger partial charge on any atom is 0.341 e. The molecule has 0 aliphatic heterocycles. The van der Waals surface area contributed by atoms with Gasteiger partial charge in [-0.2, -0.15) is 0 Å². The van der Waals surface area contributed by atoms with Crippen molar-refractivity contribution in [3.8, 4) is 16.9 Å².